The van der Waals surface area contributed by atoms with Crippen molar-refractivity contribution in [1.82, 2.24) is 0 Å². The first-order valence-corrected chi connectivity index (χ1v) is 6.03. The maximum atomic E-state index is 12.2. The molecule has 0 aromatic carbocycles. The fourth-order valence-corrected chi connectivity index (χ4v) is 2.77. The molecule has 2 rings (SSSR count). The number of allylic oxidation sites excluding steroid dienone is 1. The quantitative estimate of drug-likeness (QED) is 0.429. The molecule has 18 heavy (non-hydrogen) atoms. The van der Waals surface area contributed by atoms with Gasteiger partial charge >= 0.3 is 11.9 Å². The molecule has 0 spiro atoms. The molecule has 1 saturated heterocycles. The van der Waals surface area contributed by atoms with Gasteiger partial charge in [0.2, 0.25) is 0 Å². The van der Waals surface area contributed by atoms with Gasteiger partial charge in [0, 0.05) is 13.0 Å². The number of cyclic esters (lactones) is 1. The number of methoxy groups -OCH3 is 1. The molecule has 1 aliphatic heterocycles. The highest BCUT2D eigenvalue weighted by atomic mass is 16.7. The molecule has 5 heteroatoms. The van der Waals surface area contributed by atoms with E-state index in [2.05, 4.69) is 0 Å². The van der Waals surface area contributed by atoms with Crippen molar-refractivity contribution < 1.29 is 23.8 Å². The number of esters is 2. The zero-order chi connectivity index (χ0) is 13.3. The number of fused-ring (bicyclic) bond motifs is 1. The molecule has 1 aliphatic carbocycles. The number of rotatable bonds is 3. The minimum Gasteiger partial charge on any atom is -0.465 e. The van der Waals surface area contributed by atoms with Crippen LogP contribution in [-0.2, 0) is 23.8 Å². The number of hydrogen-bond acceptors (Lipinski definition) is 5. The predicted molar refractivity (Wildman–Crippen MR) is 62.3 cm³/mol. The molecule has 5 nitrogen and oxygen atoms in total. The summed E-state index contributed by atoms with van der Waals surface area (Å²) in [7, 11) is 1.45. The monoisotopic (exact) mass is 254 g/mol. The van der Waals surface area contributed by atoms with Gasteiger partial charge in [-0.1, -0.05) is 19.1 Å². The van der Waals surface area contributed by atoms with Crippen molar-refractivity contribution in [2.24, 2.45) is 23.2 Å². The molecule has 0 amide bonds. The van der Waals surface area contributed by atoms with Gasteiger partial charge in [-0.2, -0.15) is 0 Å². The highest BCUT2D eigenvalue weighted by Crippen LogP contribution is 2.48. The summed E-state index contributed by atoms with van der Waals surface area (Å²) in [5.41, 5.74) is -0.883. The van der Waals surface area contributed by atoms with E-state index in [0.717, 1.165) is 0 Å². The van der Waals surface area contributed by atoms with Crippen LogP contribution >= 0.6 is 0 Å². The molecule has 2 aliphatic rings. The van der Waals surface area contributed by atoms with Gasteiger partial charge in [0.1, 0.15) is 0 Å². The van der Waals surface area contributed by atoms with Gasteiger partial charge in [0.25, 0.3) is 0 Å². The number of carbonyl (C=O) groups excluding carboxylic acids is 2. The molecule has 0 bridgehead atoms. The Balaban J connectivity index is 2.29. The van der Waals surface area contributed by atoms with Crippen molar-refractivity contribution >= 4 is 11.9 Å². The van der Waals surface area contributed by atoms with Crippen molar-refractivity contribution in [3.63, 3.8) is 0 Å². The Morgan fingerprint density at radius 2 is 2.28 bits per heavy atom. The van der Waals surface area contributed by atoms with Crippen LogP contribution in [0.4, 0.5) is 0 Å². The molecular formula is C13H18O5. The molecule has 1 fully saturated rings. The van der Waals surface area contributed by atoms with Crippen molar-refractivity contribution in [3.05, 3.63) is 12.2 Å². The Morgan fingerprint density at radius 1 is 1.56 bits per heavy atom. The number of carbonyl (C=O) groups is 2. The van der Waals surface area contributed by atoms with Crippen LogP contribution in [0.3, 0.4) is 0 Å². The van der Waals surface area contributed by atoms with E-state index in [1.54, 1.807) is 6.92 Å². The van der Waals surface area contributed by atoms with Crippen LogP contribution < -0.4 is 0 Å². The lowest BCUT2D eigenvalue weighted by molar-refractivity contribution is -0.176. The molecule has 0 N–H and O–H groups in total. The SMILES string of the molecule is COCOC(=O)[C@@]1(C)[C@H](C)C=C[C@@H]2COC(=O)[C@H]21. The summed E-state index contributed by atoms with van der Waals surface area (Å²) in [6.45, 7) is 3.92. The maximum Gasteiger partial charge on any atom is 0.315 e. The van der Waals surface area contributed by atoms with Crippen molar-refractivity contribution in [3.8, 4) is 0 Å². The third-order valence-electron chi connectivity index (χ3n) is 4.09. The highest BCUT2D eigenvalue weighted by molar-refractivity contribution is 5.87. The van der Waals surface area contributed by atoms with Crippen LogP contribution in [0, 0.1) is 23.2 Å². The van der Waals surface area contributed by atoms with Gasteiger partial charge in [-0.25, -0.2) is 0 Å². The number of hydrogen-bond donors (Lipinski definition) is 0. The smallest absolute Gasteiger partial charge is 0.315 e. The Hall–Kier alpha value is -1.36. The summed E-state index contributed by atoms with van der Waals surface area (Å²) in [5.74, 6) is -1.28. The van der Waals surface area contributed by atoms with Crippen LogP contribution in [0.2, 0.25) is 0 Å². The van der Waals surface area contributed by atoms with Crippen LogP contribution in [0.15, 0.2) is 12.2 Å². The second kappa shape index (κ2) is 4.72. The van der Waals surface area contributed by atoms with E-state index in [1.165, 1.54) is 7.11 Å². The lowest BCUT2D eigenvalue weighted by atomic mass is 9.61. The van der Waals surface area contributed by atoms with Gasteiger partial charge in [-0.3, -0.25) is 9.59 Å². The molecule has 0 radical (unpaired) electrons. The lowest BCUT2D eigenvalue weighted by Gasteiger charge is -2.39. The molecule has 0 aromatic heterocycles. The highest BCUT2D eigenvalue weighted by Gasteiger charge is 2.57. The van der Waals surface area contributed by atoms with E-state index in [4.69, 9.17) is 14.2 Å². The fourth-order valence-electron chi connectivity index (χ4n) is 2.77. The number of ether oxygens (including phenoxy) is 3. The average molecular weight is 254 g/mol. The van der Waals surface area contributed by atoms with Crippen LogP contribution in [0.5, 0.6) is 0 Å². The van der Waals surface area contributed by atoms with Gasteiger partial charge in [0.05, 0.1) is 17.9 Å². The summed E-state index contributed by atoms with van der Waals surface area (Å²) >= 11 is 0. The van der Waals surface area contributed by atoms with Gasteiger partial charge in [-0.15, -0.1) is 0 Å². The van der Waals surface area contributed by atoms with Crippen molar-refractivity contribution in [2.45, 2.75) is 13.8 Å². The summed E-state index contributed by atoms with van der Waals surface area (Å²) in [5, 5.41) is 0. The first kappa shape index (κ1) is 13.1. The summed E-state index contributed by atoms with van der Waals surface area (Å²) in [6, 6.07) is 0. The zero-order valence-electron chi connectivity index (χ0n) is 10.8. The fraction of sp³-hybridized carbons (Fsp3) is 0.692. The molecule has 0 saturated carbocycles. The molecule has 100 valence electrons. The van der Waals surface area contributed by atoms with E-state index in [9.17, 15) is 9.59 Å². The third kappa shape index (κ3) is 1.82. The average Bonchev–Trinajstić information content (AvgIpc) is 2.73. The second-order valence-corrected chi connectivity index (χ2v) is 5.07. The van der Waals surface area contributed by atoms with E-state index in [1.807, 2.05) is 19.1 Å². The van der Waals surface area contributed by atoms with E-state index < -0.39 is 17.3 Å². The predicted octanol–water partition coefficient (Wildman–Crippen LogP) is 1.13. The Morgan fingerprint density at radius 3 is 2.94 bits per heavy atom. The summed E-state index contributed by atoms with van der Waals surface area (Å²) < 4.78 is 14.9. The normalized spacial score (nSPS) is 38.2. The molecular weight excluding hydrogens is 236 g/mol. The van der Waals surface area contributed by atoms with Gasteiger partial charge in [-0.05, 0) is 12.8 Å². The lowest BCUT2D eigenvalue weighted by Crippen LogP contribution is -2.48. The van der Waals surface area contributed by atoms with Crippen LogP contribution in [-0.4, -0.2) is 32.4 Å². The van der Waals surface area contributed by atoms with Crippen molar-refractivity contribution in [1.29, 1.82) is 0 Å². The molecule has 4 atom stereocenters. The van der Waals surface area contributed by atoms with E-state index in [-0.39, 0.29) is 24.6 Å². The minimum atomic E-state index is -0.883. The largest absolute Gasteiger partial charge is 0.465 e. The first-order valence-electron chi connectivity index (χ1n) is 6.03. The molecule has 0 aromatic rings. The van der Waals surface area contributed by atoms with Crippen molar-refractivity contribution in [2.75, 3.05) is 20.5 Å². The molecule has 0 unspecified atom stereocenters. The van der Waals surface area contributed by atoms with Gasteiger partial charge in [0.15, 0.2) is 6.79 Å². The van der Waals surface area contributed by atoms with Gasteiger partial charge < -0.3 is 14.2 Å². The Labute approximate surface area is 106 Å². The molecule has 1 heterocycles. The topological polar surface area (TPSA) is 61.8 Å². The Bertz CT molecular complexity index is 389. The Kier molecular flexibility index (Phi) is 3.43. The van der Waals surface area contributed by atoms with E-state index >= 15 is 0 Å². The van der Waals surface area contributed by atoms with E-state index in [0.29, 0.717) is 6.61 Å². The van der Waals surface area contributed by atoms with Crippen LogP contribution in [0.1, 0.15) is 13.8 Å². The maximum absolute atomic E-state index is 12.2. The minimum absolute atomic E-state index is 0.0335. The van der Waals surface area contributed by atoms with Crippen LogP contribution in [0.25, 0.3) is 0 Å². The summed E-state index contributed by atoms with van der Waals surface area (Å²) in [4.78, 5) is 24.1. The summed E-state index contributed by atoms with van der Waals surface area (Å²) in [6.07, 6.45) is 3.92. The third-order valence-corrected chi connectivity index (χ3v) is 4.09. The zero-order valence-corrected chi connectivity index (χ0v) is 10.8. The standard InChI is InChI=1S/C13H18O5/c1-8-4-5-9-6-17-11(14)10(9)13(8,2)12(15)18-7-16-3/h4-5,8-10H,6-7H2,1-3H3/t8-,9-,10+,13+/m1/s1. The first-order chi connectivity index (χ1) is 8.51. The second-order valence-electron chi connectivity index (χ2n) is 5.07.